The molecule has 0 aliphatic heterocycles. The van der Waals surface area contributed by atoms with Gasteiger partial charge in [0.25, 0.3) is 5.91 Å². The van der Waals surface area contributed by atoms with Gasteiger partial charge < -0.3 is 14.5 Å². The summed E-state index contributed by atoms with van der Waals surface area (Å²) in [4.78, 5) is 12.5. The van der Waals surface area contributed by atoms with Gasteiger partial charge in [-0.25, -0.2) is 0 Å². The number of carbonyl (C=O) groups excluding carboxylic acids is 1. The molecule has 23 heavy (non-hydrogen) atoms. The molecule has 0 aliphatic rings. The van der Waals surface area contributed by atoms with Crippen LogP contribution in [0, 0.1) is 0 Å². The Hall–Kier alpha value is -2.93. The predicted octanol–water partition coefficient (Wildman–Crippen LogP) is 3.70. The smallest absolute Gasteiger partial charge is 0.291 e. The number of amides is 1. The molecular formula is C16H11N3O3S. The fourth-order valence-corrected chi connectivity index (χ4v) is 2.95. The van der Waals surface area contributed by atoms with E-state index in [9.17, 15) is 4.79 Å². The van der Waals surface area contributed by atoms with Gasteiger partial charge in [-0.3, -0.25) is 4.79 Å². The van der Waals surface area contributed by atoms with Gasteiger partial charge in [0.05, 0.1) is 24.5 Å². The largest absolute Gasteiger partial charge is 0.493 e. The van der Waals surface area contributed by atoms with Crippen molar-refractivity contribution >= 4 is 45.3 Å². The minimum absolute atomic E-state index is 0.213. The standard InChI is InChI=1S/C16H11N3O3S/c1-21-12-7-2-4-9-8-13(22-15(9)12)16(20)17-10-5-3-6-11-14(10)19-23-18-11/h2-8H,1H3,(H,17,20). The highest BCUT2D eigenvalue weighted by molar-refractivity contribution is 7.00. The summed E-state index contributed by atoms with van der Waals surface area (Å²) in [6.07, 6.45) is 0. The van der Waals surface area contributed by atoms with Crippen LogP contribution in [-0.2, 0) is 0 Å². The van der Waals surface area contributed by atoms with Gasteiger partial charge in [-0.15, -0.1) is 0 Å². The monoisotopic (exact) mass is 325 g/mol. The first kappa shape index (κ1) is 13.7. The predicted molar refractivity (Wildman–Crippen MR) is 88.1 cm³/mol. The Morgan fingerprint density at radius 1 is 1.22 bits per heavy atom. The molecule has 4 aromatic rings. The number of ether oxygens (including phenoxy) is 1. The third-order valence-corrected chi connectivity index (χ3v) is 4.03. The van der Waals surface area contributed by atoms with Crippen molar-refractivity contribution in [2.24, 2.45) is 0 Å². The summed E-state index contributed by atoms with van der Waals surface area (Å²) in [5.74, 6) is 0.459. The van der Waals surface area contributed by atoms with Gasteiger partial charge in [0, 0.05) is 5.39 Å². The molecule has 4 rings (SSSR count). The highest BCUT2D eigenvalue weighted by Crippen LogP contribution is 2.29. The molecular weight excluding hydrogens is 314 g/mol. The number of fused-ring (bicyclic) bond motifs is 2. The number of rotatable bonds is 3. The van der Waals surface area contributed by atoms with E-state index in [1.54, 1.807) is 25.3 Å². The summed E-state index contributed by atoms with van der Waals surface area (Å²) < 4.78 is 19.2. The Morgan fingerprint density at radius 3 is 2.96 bits per heavy atom. The molecule has 1 amide bonds. The van der Waals surface area contributed by atoms with Crippen molar-refractivity contribution < 1.29 is 13.9 Å². The van der Waals surface area contributed by atoms with Crippen LogP contribution in [0.15, 0.2) is 46.9 Å². The van der Waals surface area contributed by atoms with Crippen molar-refractivity contribution in [2.45, 2.75) is 0 Å². The number of benzene rings is 2. The normalized spacial score (nSPS) is 11.0. The Balaban J connectivity index is 1.71. The first-order chi connectivity index (χ1) is 11.3. The van der Waals surface area contributed by atoms with Gasteiger partial charge in [-0.2, -0.15) is 8.75 Å². The van der Waals surface area contributed by atoms with Gasteiger partial charge in [0.15, 0.2) is 17.1 Å². The average molecular weight is 325 g/mol. The van der Waals surface area contributed by atoms with Crippen LogP contribution >= 0.6 is 11.7 Å². The van der Waals surface area contributed by atoms with Crippen LogP contribution in [0.25, 0.3) is 22.0 Å². The molecule has 0 fully saturated rings. The van der Waals surface area contributed by atoms with Crippen molar-refractivity contribution in [3.63, 3.8) is 0 Å². The molecule has 0 bridgehead atoms. The maximum Gasteiger partial charge on any atom is 0.291 e. The Morgan fingerprint density at radius 2 is 2.09 bits per heavy atom. The molecule has 2 aromatic carbocycles. The molecule has 0 unspecified atom stereocenters. The zero-order valence-corrected chi connectivity index (χ0v) is 12.9. The van der Waals surface area contributed by atoms with Crippen molar-refractivity contribution in [1.29, 1.82) is 0 Å². The van der Waals surface area contributed by atoms with E-state index in [1.165, 1.54) is 0 Å². The molecule has 0 aliphatic carbocycles. The number of hydrogen-bond acceptors (Lipinski definition) is 6. The van der Waals surface area contributed by atoms with Crippen LogP contribution in [0.2, 0.25) is 0 Å². The topological polar surface area (TPSA) is 77.2 Å². The zero-order valence-electron chi connectivity index (χ0n) is 12.1. The van der Waals surface area contributed by atoms with E-state index >= 15 is 0 Å². The highest BCUT2D eigenvalue weighted by atomic mass is 32.1. The van der Waals surface area contributed by atoms with Gasteiger partial charge >= 0.3 is 0 Å². The summed E-state index contributed by atoms with van der Waals surface area (Å²) in [7, 11) is 1.56. The van der Waals surface area contributed by atoms with Crippen LogP contribution in [-0.4, -0.2) is 21.8 Å². The number of hydrogen-bond donors (Lipinski definition) is 1. The van der Waals surface area contributed by atoms with Crippen LogP contribution in [0.4, 0.5) is 5.69 Å². The molecule has 2 aromatic heterocycles. The lowest BCUT2D eigenvalue weighted by molar-refractivity contribution is 0.0998. The zero-order chi connectivity index (χ0) is 15.8. The van der Waals surface area contributed by atoms with Crippen LogP contribution < -0.4 is 10.1 Å². The lowest BCUT2D eigenvalue weighted by Gasteiger charge is -2.03. The highest BCUT2D eigenvalue weighted by Gasteiger charge is 2.16. The summed E-state index contributed by atoms with van der Waals surface area (Å²) in [5.41, 5.74) is 2.57. The summed E-state index contributed by atoms with van der Waals surface area (Å²) in [6.45, 7) is 0. The maximum absolute atomic E-state index is 12.5. The molecule has 0 atom stereocenters. The first-order valence-electron chi connectivity index (χ1n) is 6.85. The molecule has 0 saturated heterocycles. The Bertz CT molecular complexity index is 1020. The molecule has 114 valence electrons. The fraction of sp³-hybridized carbons (Fsp3) is 0.0625. The number of nitrogens with zero attached hydrogens (tertiary/aromatic N) is 2. The minimum Gasteiger partial charge on any atom is -0.493 e. The van der Waals surface area contributed by atoms with Gasteiger partial charge in [-0.05, 0) is 24.3 Å². The number of aromatic nitrogens is 2. The van der Waals surface area contributed by atoms with E-state index in [-0.39, 0.29) is 11.7 Å². The van der Waals surface area contributed by atoms with Crippen molar-refractivity contribution in [3.8, 4) is 5.75 Å². The molecule has 2 heterocycles. The number of anilines is 1. The number of methoxy groups -OCH3 is 1. The maximum atomic E-state index is 12.5. The second-order valence-corrected chi connectivity index (χ2v) is 5.41. The second-order valence-electron chi connectivity index (χ2n) is 4.88. The van der Waals surface area contributed by atoms with E-state index in [2.05, 4.69) is 14.1 Å². The van der Waals surface area contributed by atoms with Gasteiger partial charge in [-0.1, -0.05) is 18.2 Å². The van der Waals surface area contributed by atoms with Gasteiger partial charge in [0.1, 0.15) is 11.0 Å². The van der Waals surface area contributed by atoms with Crippen LogP contribution in [0.5, 0.6) is 5.75 Å². The molecule has 6 nitrogen and oxygen atoms in total. The van der Waals surface area contributed by atoms with E-state index in [0.29, 0.717) is 22.5 Å². The van der Waals surface area contributed by atoms with Crippen molar-refractivity contribution in [3.05, 3.63) is 48.2 Å². The molecule has 7 heteroatoms. The molecule has 1 N–H and O–H groups in total. The quantitative estimate of drug-likeness (QED) is 0.621. The average Bonchev–Trinajstić information content (AvgIpc) is 3.21. The van der Waals surface area contributed by atoms with Crippen LogP contribution in [0.1, 0.15) is 10.6 Å². The molecule has 0 saturated carbocycles. The summed E-state index contributed by atoms with van der Waals surface area (Å²) in [6, 6.07) is 12.6. The van der Waals surface area contributed by atoms with Crippen molar-refractivity contribution in [2.75, 3.05) is 12.4 Å². The Labute approximate surface area is 135 Å². The lowest BCUT2D eigenvalue weighted by Crippen LogP contribution is -2.11. The number of carbonyl (C=O) groups is 1. The summed E-state index contributed by atoms with van der Waals surface area (Å²) >= 11 is 1.11. The SMILES string of the molecule is COc1cccc2cc(C(=O)Nc3cccc4nsnc34)oc12. The van der Waals surface area contributed by atoms with E-state index in [1.807, 2.05) is 24.3 Å². The third kappa shape index (κ3) is 2.31. The molecule has 0 spiro atoms. The van der Waals surface area contributed by atoms with E-state index in [0.717, 1.165) is 22.6 Å². The fourth-order valence-electron chi connectivity index (χ4n) is 2.40. The van der Waals surface area contributed by atoms with E-state index in [4.69, 9.17) is 9.15 Å². The third-order valence-electron chi connectivity index (χ3n) is 3.49. The first-order valence-corrected chi connectivity index (χ1v) is 7.58. The minimum atomic E-state index is -0.344. The number of furan rings is 1. The van der Waals surface area contributed by atoms with Crippen LogP contribution in [0.3, 0.4) is 0 Å². The number of nitrogens with one attached hydrogen (secondary N) is 1. The van der Waals surface area contributed by atoms with Crippen molar-refractivity contribution in [1.82, 2.24) is 8.75 Å². The van der Waals surface area contributed by atoms with E-state index < -0.39 is 0 Å². The number of para-hydroxylation sites is 1. The summed E-state index contributed by atoms with van der Waals surface area (Å²) in [5, 5.41) is 3.62. The Kier molecular flexibility index (Phi) is 3.20. The second kappa shape index (κ2) is 5.36. The van der Waals surface area contributed by atoms with Gasteiger partial charge in [0.2, 0.25) is 0 Å². The molecule has 0 radical (unpaired) electrons. The lowest BCUT2D eigenvalue weighted by atomic mass is 10.2.